The van der Waals surface area contributed by atoms with Crippen molar-refractivity contribution in [1.29, 1.82) is 0 Å². The number of nitrogens with zero attached hydrogens (tertiary/aromatic N) is 1. The van der Waals surface area contributed by atoms with Crippen molar-refractivity contribution in [3.05, 3.63) is 114 Å². The maximum absolute atomic E-state index is 11.5. The molecule has 4 aromatic carbocycles. The number of carbonyl (C=O) groups is 1. The van der Waals surface area contributed by atoms with Crippen LogP contribution in [0.5, 0.6) is 0 Å². The van der Waals surface area contributed by atoms with Gasteiger partial charge in [-0.05, 0) is 55.6 Å². The Hall–Kier alpha value is -3.59. The summed E-state index contributed by atoms with van der Waals surface area (Å²) in [7, 11) is 0. The Balaban J connectivity index is 0.000000260. The molecule has 0 saturated carbocycles. The minimum atomic E-state index is -0.417. The van der Waals surface area contributed by atoms with Crippen molar-refractivity contribution in [1.82, 2.24) is 4.98 Å². The molecule has 0 atom stereocenters. The quantitative estimate of drug-likeness (QED) is 0.0847. The van der Waals surface area contributed by atoms with Crippen LogP contribution in [0.15, 0.2) is 96.9 Å². The van der Waals surface area contributed by atoms with Gasteiger partial charge in [-0.3, -0.25) is 4.79 Å². The number of allylic oxidation sites excluding steroid dienone is 2. The average Bonchev–Trinajstić information content (AvgIpc) is 3.19. The van der Waals surface area contributed by atoms with Crippen LogP contribution in [-0.2, 0) is 30.3 Å². The molecule has 0 unspecified atom stereocenters. The minimum absolute atomic E-state index is 0. The van der Waals surface area contributed by atoms with Gasteiger partial charge < -0.3 is 10.1 Å². The Labute approximate surface area is 269 Å². The van der Waals surface area contributed by atoms with Gasteiger partial charge in [-0.25, -0.2) is 0 Å². The first kappa shape index (κ1) is 32.3. The molecule has 0 saturated heterocycles. The molecule has 1 aliphatic carbocycles. The molecule has 6 rings (SSSR count). The number of pyridine rings is 1. The summed E-state index contributed by atoms with van der Waals surface area (Å²) >= 11 is 0. The number of benzene rings is 4. The summed E-state index contributed by atoms with van der Waals surface area (Å²) in [5, 5.41) is 14.6. The maximum atomic E-state index is 11.5. The van der Waals surface area contributed by atoms with Crippen LogP contribution in [0.1, 0.15) is 66.5 Å². The van der Waals surface area contributed by atoms with Gasteiger partial charge in [-0.2, -0.15) is 0 Å². The van der Waals surface area contributed by atoms with E-state index in [1.807, 2.05) is 65.9 Å². The van der Waals surface area contributed by atoms with E-state index in [0.717, 1.165) is 11.3 Å². The molecule has 1 N–H and O–H groups in total. The summed E-state index contributed by atoms with van der Waals surface area (Å²) in [6.45, 7) is 15.8. The van der Waals surface area contributed by atoms with Crippen LogP contribution in [0.25, 0.3) is 43.9 Å². The van der Waals surface area contributed by atoms with Gasteiger partial charge in [0.15, 0.2) is 5.78 Å². The van der Waals surface area contributed by atoms with Crippen molar-refractivity contribution < 1.29 is 30.0 Å². The molecule has 1 heterocycles. The average molecular weight is 747 g/mol. The SMILES string of the molecule is CC(C)(C)C(=O)/C=C(\O)C(C)(C)C.CC1(C)c2ccccc2-c2ccc3c(ccc4c(-c5[c-]cccc5)nccc43)c21.[Ir]. The Kier molecular flexibility index (Phi) is 8.89. The van der Waals surface area contributed by atoms with Crippen LogP contribution < -0.4 is 0 Å². The van der Waals surface area contributed by atoms with Crippen molar-refractivity contribution in [2.75, 3.05) is 0 Å². The third-order valence-electron chi connectivity index (χ3n) is 8.20. The first-order chi connectivity index (χ1) is 19.7. The van der Waals surface area contributed by atoms with E-state index in [-0.39, 0.29) is 42.5 Å². The largest absolute Gasteiger partial charge is 0.512 e. The van der Waals surface area contributed by atoms with Crippen molar-refractivity contribution in [3.63, 3.8) is 0 Å². The fourth-order valence-electron chi connectivity index (χ4n) is 5.68. The molecular formula is C39H40IrNO2-. The van der Waals surface area contributed by atoms with Gasteiger partial charge in [-0.1, -0.05) is 104 Å². The Morgan fingerprint density at radius 3 is 2.05 bits per heavy atom. The van der Waals surface area contributed by atoms with Gasteiger partial charge in [0.25, 0.3) is 0 Å². The number of fused-ring (bicyclic) bond motifs is 7. The van der Waals surface area contributed by atoms with Crippen LogP contribution in [0.2, 0.25) is 0 Å². The standard InChI is InChI=1S/C28H20N.C11H20O2.Ir/c1-28(2)25-11-7-6-10-21(25)23-13-12-19-20-16-17-29-27(18-8-4-3-5-9-18)24(20)15-14-22(19)26(23)28;1-10(2,3)8(12)7-9(13)11(4,5)6;/h3-8,10-17H,1-2H3;7,12H,1-6H3;/q-1;;/b;8-7-;. The molecule has 5 aromatic rings. The predicted molar refractivity (Wildman–Crippen MR) is 176 cm³/mol. The van der Waals surface area contributed by atoms with Gasteiger partial charge >= 0.3 is 0 Å². The van der Waals surface area contributed by atoms with Crippen LogP contribution >= 0.6 is 0 Å². The third kappa shape index (κ3) is 6.09. The molecule has 1 aromatic heterocycles. The topological polar surface area (TPSA) is 50.2 Å². The van der Waals surface area contributed by atoms with Crippen LogP contribution in [0.3, 0.4) is 0 Å². The number of aliphatic hydroxyl groups is 1. The molecule has 1 radical (unpaired) electrons. The van der Waals surface area contributed by atoms with E-state index in [2.05, 4.69) is 85.6 Å². The fourth-order valence-corrected chi connectivity index (χ4v) is 5.68. The smallest absolute Gasteiger partial charge is 0.164 e. The molecule has 43 heavy (non-hydrogen) atoms. The monoisotopic (exact) mass is 747 g/mol. The van der Waals surface area contributed by atoms with Crippen molar-refractivity contribution >= 4 is 27.3 Å². The number of aromatic nitrogens is 1. The first-order valence-corrected chi connectivity index (χ1v) is 14.6. The molecule has 3 nitrogen and oxygen atoms in total. The Bertz CT molecular complexity index is 1840. The number of hydrogen-bond acceptors (Lipinski definition) is 3. The zero-order chi connectivity index (χ0) is 30.4. The summed E-state index contributed by atoms with van der Waals surface area (Å²) in [5.74, 6) is 0.104. The summed E-state index contributed by atoms with van der Waals surface area (Å²) in [6.07, 6.45) is 3.26. The van der Waals surface area contributed by atoms with Crippen LogP contribution in [0.4, 0.5) is 0 Å². The van der Waals surface area contributed by atoms with Gasteiger partial charge in [0.05, 0.1) is 0 Å². The zero-order valence-corrected chi connectivity index (χ0v) is 28.7. The second kappa shape index (κ2) is 11.8. The number of aliphatic hydroxyl groups excluding tert-OH is 1. The van der Waals surface area contributed by atoms with Gasteiger partial charge in [0.1, 0.15) is 5.76 Å². The van der Waals surface area contributed by atoms with E-state index in [1.165, 1.54) is 49.9 Å². The summed E-state index contributed by atoms with van der Waals surface area (Å²) in [6, 6.07) is 31.5. The summed E-state index contributed by atoms with van der Waals surface area (Å²) in [5.41, 5.74) is 6.83. The van der Waals surface area contributed by atoms with E-state index < -0.39 is 5.41 Å². The van der Waals surface area contributed by atoms with E-state index in [4.69, 9.17) is 0 Å². The van der Waals surface area contributed by atoms with Crippen molar-refractivity contribution in [3.8, 4) is 22.4 Å². The summed E-state index contributed by atoms with van der Waals surface area (Å²) < 4.78 is 0. The van der Waals surface area contributed by atoms with Crippen LogP contribution in [0, 0.1) is 16.9 Å². The molecule has 223 valence electrons. The molecule has 4 heteroatoms. The van der Waals surface area contributed by atoms with Gasteiger partial charge in [0, 0.05) is 48.6 Å². The molecule has 0 amide bonds. The summed E-state index contributed by atoms with van der Waals surface area (Å²) in [4.78, 5) is 16.2. The van der Waals surface area contributed by atoms with E-state index in [1.54, 1.807) is 0 Å². The van der Waals surface area contributed by atoms with Gasteiger partial charge in [0.2, 0.25) is 0 Å². The number of ketones is 1. The molecule has 0 fully saturated rings. The van der Waals surface area contributed by atoms with E-state index >= 15 is 0 Å². The Morgan fingerprint density at radius 1 is 0.767 bits per heavy atom. The molecule has 0 aliphatic heterocycles. The molecule has 0 spiro atoms. The Morgan fingerprint density at radius 2 is 1.40 bits per heavy atom. The molecule has 0 bridgehead atoms. The zero-order valence-electron chi connectivity index (χ0n) is 26.3. The minimum Gasteiger partial charge on any atom is -0.512 e. The maximum Gasteiger partial charge on any atom is 0.164 e. The predicted octanol–water partition coefficient (Wildman–Crippen LogP) is 10.2. The first-order valence-electron chi connectivity index (χ1n) is 14.6. The molecule has 1 aliphatic rings. The van der Waals surface area contributed by atoms with E-state index in [0.29, 0.717) is 0 Å². The number of hydrogen-bond donors (Lipinski definition) is 1. The van der Waals surface area contributed by atoms with E-state index in [9.17, 15) is 9.90 Å². The van der Waals surface area contributed by atoms with Crippen molar-refractivity contribution in [2.24, 2.45) is 10.8 Å². The van der Waals surface area contributed by atoms with Crippen LogP contribution in [-0.4, -0.2) is 15.9 Å². The number of carbonyl (C=O) groups excluding carboxylic acids is 1. The molecular weight excluding hydrogens is 707 g/mol. The fraction of sp³-hybridized carbons (Fsp3) is 0.282. The third-order valence-corrected chi connectivity index (χ3v) is 8.20. The second-order valence-corrected chi connectivity index (χ2v) is 13.7. The second-order valence-electron chi connectivity index (χ2n) is 13.7. The van der Waals surface area contributed by atoms with Gasteiger partial charge in [-0.15, -0.1) is 35.9 Å². The normalized spacial score (nSPS) is 13.9. The number of rotatable bonds is 2. The van der Waals surface area contributed by atoms with Crippen molar-refractivity contribution in [2.45, 2.75) is 60.8 Å².